The molecule has 1 heterocycles. The Hall–Kier alpha value is -2.83. The Morgan fingerprint density at radius 3 is 2.48 bits per heavy atom. The van der Waals surface area contributed by atoms with Crippen LogP contribution in [0.15, 0.2) is 60.7 Å². The van der Waals surface area contributed by atoms with Crippen LogP contribution < -0.4 is 4.74 Å². The van der Waals surface area contributed by atoms with Gasteiger partial charge in [0.25, 0.3) is 0 Å². The van der Waals surface area contributed by atoms with Crippen LogP contribution in [0.5, 0.6) is 5.75 Å². The van der Waals surface area contributed by atoms with Gasteiger partial charge in [-0.05, 0) is 56.5 Å². The highest BCUT2D eigenvalue weighted by atomic mass is 16.8. The van der Waals surface area contributed by atoms with Crippen molar-refractivity contribution < 1.29 is 24.2 Å². The molecule has 0 bridgehead atoms. The first-order chi connectivity index (χ1) is 14.8. The maximum atomic E-state index is 11.8. The molecule has 0 amide bonds. The van der Waals surface area contributed by atoms with E-state index in [2.05, 4.69) is 0 Å². The molecule has 166 valence electrons. The largest absolute Gasteiger partial charge is 0.528 e. The summed E-state index contributed by atoms with van der Waals surface area (Å²) in [5, 5.41) is 12.0. The number of β-amino-alcohol motifs (C(OH)–C–C–N with tert-alkyl or cyclic N) is 1. The van der Waals surface area contributed by atoms with Gasteiger partial charge in [0.05, 0.1) is 12.6 Å². The van der Waals surface area contributed by atoms with Crippen molar-refractivity contribution in [3.8, 4) is 5.75 Å². The zero-order valence-electron chi connectivity index (χ0n) is 18.4. The van der Waals surface area contributed by atoms with E-state index in [1.165, 1.54) is 5.06 Å². The highest BCUT2D eigenvalue weighted by Crippen LogP contribution is 2.30. The molecule has 2 unspecified atom stereocenters. The summed E-state index contributed by atoms with van der Waals surface area (Å²) in [7, 11) is 0. The summed E-state index contributed by atoms with van der Waals surface area (Å²) in [6.07, 6.45) is 3.28. The normalized spacial score (nSPS) is 19.9. The number of aliphatic hydroxyl groups excluding tert-OH is 1. The minimum Gasteiger partial charge on any atom is -0.490 e. The Kier molecular flexibility index (Phi) is 7.71. The van der Waals surface area contributed by atoms with Gasteiger partial charge in [0.15, 0.2) is 0 Å². The zero-order valence-corrected chi connectivity index (χ0v) is 18.4. The van der Waals surface area contributed by atoms with Crippen LogP contribution >= 0.6 is 0 Å². The molecule has 1 N–H and O–H groups in total. The lowest BCUT2D eigenvalue weighted by molar-refractivity contribution is -0.170. The molecule has 1 saturated heterocycles. The molecule has 0 radical (unpaired) electrons. The summed E-state index contributed by atoms with van der Waals surface area (Å²) in [6.45, 7) is 6.60. The fraction of sp³-hybridized carbons (Fsp3) is 0.400. The molecule has 2 atom stereocenters. The third-order valence-corrected chi connectivity index (χ3v) is 4.90. The third-order valence-electron chi connectivity index (χ3n) is 4.90. The van der Waals surface area contributed by atoms with Crippen LogP contribution in [0.4, 0.5) is 4.79 Å². The van der Waals surface area contributed by atoms with Crippen molar-refractivity contribution in [1.82, 2.24) is 5.06 Å². The lowest BCUT2D eigenvalue weighted by Crippen LogP contribution is -2.44. The maximum Gasteiger partial charge on any atom is 0.528 e. The van der Waals surface area contributed by atoms with Crippen molar-refractivity contribution in [2.75, 3.05) is 19.7 Å². The van der Waals surface area contributed by atoms with E-state index in [0.717, 1.165) is 16.9 Å². The van der Waals surface area contributed by atoms with E-state index in [-0.39, 0.29) is 12.5 Å². The fourth-order valence-corrected chi connectivity index (χ4v) is 3.45. The van der Waals surface area contributed by atoms with Crippen molar-refractivity contribution in [2.45, 2.75) is 44.8 Å². The Labute approximate surface area is 184 Å². The number of nitrogens with zero attached hydrogens (tertiary/aromatic N) is 1. The van der Waals surface area contributed by atoms with E-state index >= 15 is 0 Å². The summed E-state index contributed by atoms with van der Waals surface area (Å²) in [5.74, 6) is 0.757. The Morgan fingerprint density at radius 2 is 1.84 bits per heavy atom. The first kappa shape index (κ1) is 22.8. The Balaban J connectivity index is 1.46. The van der Waals surface area contributed by atoms with E-state index in [4.69, 9.17) is 14.3 Å². The molecular formula is C25H31NO5. The first-order valence-electron chi connectivity index (χ1n) is 10.6. The van der Waals surface area contributed by atoms with Gasteiger partial charge < -0.3 is 19.4 Å². The zero-order chi connectivity index (χ0) is 22.3. The van der Waals surface area contributed by atoms with Crippen LogP contribution in [0.2, 0.25) is 0 Å². The van der Waals surface area contributed by atoms with E-state index in [0.29, 0.717) is 19.6 Å². The number of carbonyl (C=O) groups excluding carboxylic acids is 1. The number of hydrogen-bond donors (Lipinski definition) is 1. The van der Waals surface area contributed by atoms with E-state index in [1.807, 2.05) is 66.7 Å². The molecule has 0 saturated carbocycles. The molecular weight excluding hydrogens is 394 g/mol. The summed E-state index contributed by atoms with van der Waals surface area (Å²) < 4.78 is 10.9. The van der Waals surface area contributed by atoms with Crippen LogP contribution in [-0.2, 0) is 9.57 Å². The predicted molar refractivity (Wildman–Crippen MR) is 120 cm³/mol. The van der Waals surface area contributed by atoms with Gasteiger partial charge in [0.1, 0.15) is 18.0 Å². The molecule has 0 spiro atoms. The van der Waals surface area contributed by atoms with Crippen LogP contribution in [0.25, 0.3) is 6.08 Å². The maximum absolute atomic E-state index is 11.8. The summed E-state index contributed by atoms with van der Waals surface area (Å²) in [4.78, 5) is 17.0. The number of hydrogen-bond acceptors (Lipinski definition) is 6. The number of benzene rings is 2. The molecule has 1 aliphatic rings. The van der Waals surface area contributed by atoms with Crippen molar-refractivity contribution in [1.29, 1.82) is 0 Å². The summed E-state index contributed by atoms with van der Waals surface area (Å²) in [5.41, 5.74) is 1.56. The highest BCUT2D eigenvalue weighted by molar-refractivity contribution is 5.60. The van der Waals surface area contributed by atoms with Crippen LogP contribution in [0.3, 0.4) is 0 Å². The van der Waals surface area contributed by atoms with Gasteiger partial charge >= 0.3 is 6.16 Å². The van der Waals surface area contributed by atoms with Crippen molar-refractivity contribution in [3.63, 3.8) is 0 Å². The minimum absolute atomic E-state index is 0.0227. The Bertz CT molecular complexity index is 858. The molecule has 1 aliphatic heterocycles. The van der Waals surface area contributed by atoms with E-state index < -0.39 is 17.9 Å². The van der Waals surface area contributed by atoms with Gasteiger partial charge in [-0.3, -0.25) is 0 Å². The van der Waals surface area contributed by atoms with E-state index in [9.17, 15) is 9.90 Å². The molecule has 31 heavy (non-hydrogen) atoms. The van der Waals surface area contributed by atoms with Crippen LogP contribution in [-0.4, -0.2) is 47.7 Å². The third kappa shape index (κ3) is 7.42. The van der Waals surface area contributed by atoms with Gasteiger partial charge in [0, 0.05) is 12.5 Å². The smallest absolute Gasteiger partial charge is 0.490 e. The van der Waals surface area contributed by atoms with Crippen LogP contribution in [0, 0.1) is 0 Å². The second-order valence-electron chi connectivity index (χ2n) is 8.60. The van der Waals surface area contributed by atoms with Gasteiger partial charge in [-0.1, -0.05) is 48.5 Å². The standard InChI is InChI=1S/C25H31NO5/c1-25(2,3)30-24(28)31-26-16-15-22(23(27)18-26)20-11-13-21(14-12-20)29-17-7-10-19-8-5-4-6-9-19/h4-14,22-23,27H,15-18H2,1-3H3/b10-7+. The van der Waals surface area contributed by atoms with Crippen molar-refractivity contribution in [3.05, 3.63) is 71.8 Å². The summed E-state index contributed by atoms with van der Waals surface area (Å²) in [6, 6.07) is 17.9. The average Bonchev–Trinajstić information content (AvgIpc) is 2.71. The number of rotatable bonds is 6. The molecule has 6 nitrogen and oxygen atoms in total. The number of carbonyl (C=O) groups is 1. The monoisotopic (exact) mass is 425 g/mol. The van der Waals surface area contributed by atoms with Crippen molar-refractivity contribution >= 4 is 12.2 Å². The molecule has 2 aromatic carbocycles. The number of ether oxygens (including phenoxy) is 2. The molecule has 3 rings (SSSR count). The molecule has 6 heteroatoms. The molecule has 1 fully saturated rings. The number of hydroxylamine groups is 2. The Morgan fingerprint density at radius 1 is 1.13 bits per heavy atom. The minimum atomic E-state index is -0.749. The van der Waals surface area contributed by atoms with Gasteiger partial charge in [-0.25, -0.2) is 4.79 Å². The van der Waals surface area contributed by atoms with Gasteiger partial charge in [-0.2, -0.15) is 0 Å². The van der Waals surface area contributed by atoms with Crippen LogP contribution in [0.1, 0.15) is 44.2 Å². The first-order valence-corrected chi connectivity index (χ1v) is 10.6. The number of aliphatic hydroxyl groups is 1. The lowest BCUT2D eigenvalue weighted by Gasteiger charge is -2.34. The van der Waals surface area contributed by atoms with Gasteiger partial charge in [0.2, 0.25) is 0 Å². The highest BCUT2D eigenvalue weighted by Gasteiger charge is 2.31. The number of piperidine rings is 1. The lowest BCUT2D eigenvalue weighted by atomic mass is 9.88. The average molecular weight is 426 g/mol. The topological polar surface area (TPSA) is 68.2 Å². The van der Waals surface area contributed by atoms with E-state index in [1.54, 1.807) is 20.8 Å². The summed E-state index contributed by atoms with van der Waals surface area (Å²) >= 11 is 0. The predicted octanol–water partition coefficient (Wildman–Crippen LogP) is 4.80. The molecule has 2 aromatic rings. The molecule has 0 aliphatic carbocycles. The molecule has 0 aromatic heterocycles. The second-order valence-corrected chi connectivity index (χ2v) is 8.60. The van der Waals surface area contributed by atoms with Crippen molar-refractivity contribution in [2.24, 2.45) is 0 Å². The fourth-order valence-electron chi connectivity index (χ4n) is 3.45. The second kappa shape index (κ2) is 10.5. The quantitative estimate of drug-likeness (QED) is 0.671. The SMILES string of the molecule is CC(C)(C)OC(=O)ON1CCC(c2ccc(OC/C=C/c3ccccc3)cc2)C(O)C1. The van der Waals surface area contributed by atoms with Gasteiger partial charge in [-0.15, -0.1) is 5.06 Å².